The standard InChI is InChI=1S/C11H11ClSi/c1-13(12,10-6-2-3-7-10)11-8-4-5-9-11/h2-9H,1H3. The monoisotopic (exact) mass is 206 g/mol. The van der Waals surface area contributed by atoms with Gasteiger partial charge in [0.1, 0.15) is 0 Å². The molecule has 66 valence electrons. The first-order valence-corrected chi connectivity index (χ1v) is 7.86. The molecule has 10 radical (unpaired) electrons. The van der Waals surface area contributed by atoms with Crippen LogP contribution in [0.2, 0.25) is 6.55 Å². The lowest BCUT2D eigenvalue weighted by molar-refractivity contribution is 1.36. The fourth-order valence-electron chi connectivity index (χ4n) is 1.54. The van der Waals surface area contributed by atoms with Crippen LogP contribution in [0.1, 0.15) is 0 Å². The minimum absolute atomic E-state index is 1.29. The Morgan fingerprint density at radius 1 is 0.846 bits per heavy atom. The fourth-order valence-corrected chi connectivity index (χ4v) is 4.27. The second kappa shape index (κ2) is 3.94. The molecule has 0 aliphatic heterocycles. The van der Waals surface area contributed by atoms with Gasteiger partial charge < -0.3 is 0 Å². The number of halogens is 1. The van der Waals surface area contributed by atoms with Gasteiger partial charge in [0.05, 0.1) is 0 Å². The second-order valence-corrected chi connectivity index (χ2v) is 8.78. The summed E-state index contributed by atoms with van der Waals surface area (Å²) in [6.07, 6.45) is 16.7. The third-order valence-corrected chi connectivity index (χ3v) is 6.55. The molecule has 2 aliphatic rings. The molecule has 0 saturated heterocycles. The van der Waals surface area contributed by atoms with Gasteiger partial charge in [0, 0.05) is 0 Å². The highest BCUT2D eigenvalue weighted by atomic mass is 35.6. The van der Waals surface area contributed by atoms with E-state index in [1.807, 2.05) is 25.7 Å². The molecule has 2 heteroatoms. The average molecular weight is 207 g/mol. The molecule has 13 heavy (non-hydrogen) atoms. The van der Waals surface area contributed by atoms with Crippen molar-refractivity contribution < 1.29 is 0 Å². The molecule has 0 aromatic carbocycles. The average Bonchev–Trinajstić information content (AvgIpc) is 2.78. The topological polar surface area (TPSA) is 0 Å². The lowest BCUT2D eigenvalue weighted by atomic mass is 10.3. The lowest BCUT2D eigenvalue weighted by Crippen LogP contribution is -2.38. The fraction of sp³-hybridized carbons (Fsp3) is 0.0909. The molecule has 2 saturated carbocycles. The van der Waals surface area contributed by atoms with Crippen molar-refractivity contribution in [3.05, 3.63) is 62.4 Å². The zero-order chi connectivity index (χ0) is 9.31. The summed E-state index contributed by atoms with van der Waals surface area (Å²) >= 11 is 6.61. The van der Waals surface area contributed by atoms with Crippen molar-refractivity contribution in [1.82, 2.24) is 0 Å². The highest BCUT2D eigenvalue weighted by Gasteiger charge is 2.45. The Bertz CT molecular complexity index is 149. The van der Waals surface area contributed by atoms with Crippen LogP contribution in [-0.4, -0.2) is 7.38 Å². The van der Waals surface area contributed by atoms with E-state index in [1.165, 1.54) is 11.1 Å². The van der Waals surface area contributed by atoms with E-state index in [4.69, 9.17) is 11.1 Å². The van der Waals surface area contributed by atoms with Gasteiger partial charge in [0.25, 0.3) is 0 Å². The van der Waals surface area contributed by atoms with E-state index in [-0.39, 0.29) is 0 Å². The molecule has 2 fully saturated rings. The summed E-state index contributed by atoms with van der Waals surface area (Å²) in [5.41, 5.74) is 2.58. The van der Waals surface area contributed by atoms with E-state index in [2.05, 4.69) is 32.2 Å². The lowest BCUT2D eigenvalue weighted by Gasteiger charge is -2.30. The van der Waals surface area contributed by atoms with Gasteiger partial charge in [0.2, 0.25) is 0 Å². The Kier molecular flexibility index (Phi) is 3.04. The summed E-state index contributed by atoms with van der Waals surface area (Å²) in [5.74, 6) is 0. The molecule has 0 atom stereocenters. The second-order valence-electron chi connectivity index (χ2n) is 3.35. The predicted molar refractivity (Wildman–Crippen MR) is 58.4 cm³/mol. The molecule has 0 amide bonds. The molecule has 2 rings (SSSR count). The Labute approximate surface area is 87.8 Å². The summed E-state index contributed by atoms with van der Waals surface area (Å²) in [4.78, 5) is 0. The van der Waals surface area contributed by atoms with Crippen molar-refractivity contribution >= 4 is 18.5 Å². The van der Waals surface area contributed by atoms with Gasteiger partial charge in [-0.15, -0.1) is 0 Å². The first-order valence-electron chi connectivity index (χ1n) is 4.34. The molecule has 0 unspecified atom stereocenters. The minimum atomic E-state index is -1.88. The van der Waals surface area contributed by atoms with Gasteiger partial charge in [0.15, 0.2) is 7.38 Å². The Morgan fingerprint density at radius 2 is 1.15 bits per heavy atom. The van der Waals surface area contributed by atoms with Crippen LogP contribution >= 0.6 is 11.1 Å². The highest BCUT2D eigenvalue weighted by Crippen LogP contribution is 2.44. The van der Waals surface area contributed by atoms with Crippen molar-refractivity contribution in [1.29, 1.82) is 0 Å². The number of hydrogen-bond donors (Lipinski definition) is 0. The van der Waals surface area contributed by atoms with Crippen LogP contribution in [0.3, 0.4) is 0 Å². The van der Waals surface area contributed by atoms with Crippen molar-refractivity contribution in [2.24, 2.45) is 0 Å². The first-order chi connectivity index (χ1) is 6.21. The molecule has 2 aliphatic carbocycles. The summed E-state index contributed by atoms with van der Waals surface area (Å²) in [6.45, 7) is 2.17. The van der Waals surface area contributed by atoms with E-state index in [1.54, 1.807) is 0 Å². The van der Waals surface area contributed by atoms with E-state index < -0.39 is 7.38 Å². The van der Waals surface area contributed by atoms with Crippen LogP contribution in [0, 0.1) is 62.4 Å². The zero-order valence-corrected chi connectivity index (χ0v) is 9.25. The molecule has 0 bridgehead atoms. The van der Waals surface area contributed by atoms with E-state index in [0.717, 1.165) is 0 Å². The third kappa shape index (κ3) is 1.97. The normalized spacial score (nSPS) is 27.2. The maximum absolute atomic E-state index is 6.61. The number of rotatable bonds is 2. The Morgan fingerprint density at radius 3 is 1.46 bits per heavy atom. The van der Waals surface area contributed by atoms with Gasteiger partial charge >= 0.3 is 0 Å². The van der Waals surface area contributed by atoms with E-state index in [0.29, 0.717) is 0 Å². The smallest absolute Gasteiger partial charge is 0.166 e. The van der Waals surface area contributed by atoms with Crippen LogP contribution in [0.5, 0.6) is 0 Å². The summed E-state index contributed by atoms with van der Waals surface area (Å²) in [6, 6.07) is 0. The molecule has 0 N–H and O–H groups in total. The third-order valence-electron chi connectivity index (χ3n) is 2.41. The minimum Gasteiger partial charge on any atom is -0.166 e. The van der Waals surface area contributed by atoms with Crippen LogP contribution in [0.25, 0.3) is 0 Å². The predicted octanol–water partition coefficient (Wildman–Crippen LogP) is 2.69. The van der Waals surface area contributed by atoms with Crippen LogP contribution in [0.15, 0.2) is 0 Å². The van der Waals surface area contributed by atoms with Gasteiger partial charge in [-0.25, -0.2) is 0 Å². The largest absolute Gasteiger partial charge is 0.167 e. The van der Waals surface area contributed by atoms with Crippen LogP contribution < -0.4 is 0 Å². The van der Waals surface area contributed by atoms with Gasteiger partial charge in [-0.2, -0.15) is 11.1 Å². The number of hydrogen-bond acceptors (Lipinski definition) is 0. The van der Waals surface area contributed by atoms with E-state index >= 15 is 0 Å². The van der Waals surface area contributed by atoms with Gasteiger partial charge in [-0.1, -0.05) is 6.55 Å². The van der Waals surface area contributed by atoms with Crippen molar-refractivity contribution in [3.63, 3.8) is 0 Å². The van der Waals surface area contributed by atoms with E-state index in [9.17, 15) is 0 Å². The maximum atomic E-state index is 6.61. The first kappa shape index (κ1) is 10.0. The maximum Gasteiger partial charge on any atom is 0.167 e. The Hall–Kier alpha value is 0.507. The molecular weight excluding hydrogens is 196 g/mol. The Balaban J connectivity index is 1.99. The summed E-state index contributed by atoms with van der Waals surface area (Å²) in [7, 11) is -1.88. The van der Waals surface area contributed by atoms with Crippen molar-refractivity contribution in [2.45, 2.75) is 6.55 Å². The van der Waals surface area contributed by atoms with Gasteiger partial charge in [-0.05, 0) is 62.4 Å². The summed E-state index contributed by atoms with van der Waals surface area (Å²) < 4.78 is 0. The molecule has 0 nitrogen and oxygen atoms in total. The van der Waals surface area contributed by atoms with Crippen molar-refractivity contribution in [3.8, 4) is 0 Å². The molecule has 0 aromatic rings. The summed E-state index contributed by atoms with van der Waals surface area (Å²) in [5, 5.41) is 0. The quantitative estimate of drug-likeness (QED) is 0.482. The van der Waals surface area contributed by atoms with Crippen LogP contribution in [0.4, 0.5) is 0 Å². The molecular formula is C11H11ClSi. The van der Waals surface area contributed by atoms with Crippen LogP contribution in [-0.2, 0) is 0 Å². The highest BCUT2D eigenvalue weighted by molar-refractivity contribution is 7.26. The SMILES string of the molecule is C[Si](Cl)([C]1[CH][CH][CH][CH]1)[C]1[CH][CH][CH][CH]1. The molecule has 0 heterocycles. The molecule has 0 spiro atoms. The molecule has 0 aromatic heterocycles. The van der Waals surface area contributed by atoms with Crippen molar-refractivity contribution in [2.75, 3.05) is 0 Å². The van der Waals surface area contributed by atoms with Gasteiger partial charge in [-0.3, -0.25) is 0 Å². The zero-order valence-electron chi connectivity index (χ0n) is 7.50.